The molecule has 1 rings (SSSR count). The van der Waals surface area contributed by atoms with E-state index in [2.05, 4.69) is 24.4 Å². The molecular weight excluding hydrogens is 342 g/mol. The van der Waals surface area contributed by atoms with E-state index >= 15 is 0 Å². The van der Waals surface area contributed by atoms with Crippen LogP contribution < -0.4 is 5.32 Å². The normalized spacial score (nSPS) is 20.6. The van der Waals surface area contributed by atoms with Gasteiger partial charge in [-0.2, -0.15) is 0 Å². The van der Waals surface area contributed by atoms with Crippen LogP contribution in [0.4, 0.5) is 4.79 Å². The van der Waals surface area contributed by atoms with Gasteiger partial charge in [-0.05, 0) is 38.2 Å². The lowest BCUT2D eigenvalue weighted by molar-refractivity contribution is -0.117. The van der Waals surface area contributed by atoms with Crippen LogP contribution >= 0.6 is 0 Å². The first-order valence-electron chi connectivity index (χ1n) is 10.2. The monoisotopic (exact) mass is 377 g/mol. The maximum Gasteiger partial charge on any atom is 0.406 e. The van der Waals surface area contributed by atoms with Gasteiger partial charge in [0.2, 0.25) is 0 Å². The first-order valence-corrected chi connectivity index (χ1v) is 10.2. The summed E-state index contributed by atoms with van der Waals surface area (Å²) >= 11 is 0. The molecule has 3 atom stereocenters. The van der Waals surface area contributed by atoms with Crippen molar-refractivity contribution in [2.24, 2.45) is 11.8 Å². The van der Waals surface area contributed by atoms with E-state index in [1.807, 2.05) is 18.2 Å². The second-order valence-electron chi connectivity index (χ2n) is 6.98. The third kappa shape index (κ3) is 10.1. The van der Waals surface area contributed by atoms with Gasteiger partial charge in [-0.3, -0.25) is 4.79 Å². The molecule has 1 aliphatic carbocycles. The minimum absolute atomic E-state index is 0.0584. The Morgan fingerprint density at radius 2 is 2.11 bits per heavy atom. The highest BCUT2D eigenvalue weighted by Gasteiger charge is 2.27. The van der Waals surface area contributed by atoms with Crippen LogP contribution in [0.3, 0.4) is 0 Å². The number of aliphatic hydroxyl groups is 1. The molecule has 0 saturated carbocycles. The molecule has 5 heteroatoms. The van der Waals surface area contributed by atoms with Crippen molar-refractivity contribution in [3.63, 3.8) is 0 Å². The smallest absolute Gasteiger partial charge is 0.406 e. The molecular formula is C22H35NO4. The average Bonchev–Trinajstić information content (AvgIpc) is 3.01. The van der Waals surface area contributed by atoms with Crippen molar-refractivity contribution in [2.45, 2.75) is 64.4 Å². The fourth-order valence-electron chi connectivity index (χ4n) is 3.04. The molecule has 1 aliphatic rings. The van der Waals surface area contributed by atoms with Gasteiger partial charge in [-0.1, -0.05) is 56.6 Å². The molecule has 0 aliphatic heterocycles. The van der Waals surface area contributed by atoms with E-state index in [1.54, 1.807) is 13.1 Å². The summed E-state index contributed by atoms with van der Waals surface area (Å²) in [5, 5.41) is 12.4. The van der Waals surface area contributed by atoms with Crippen molar-refractivity contribution in [1.29, 1.82) is 0 Å². The van der Waals surface area contributed by atoms with E-state index in [4.69, 9.17) is 4.74 Å². The molecule has 27 heavy (non-hydrogen) atoms. The Labute approximate surface area is 163 Å². The standard InChI is InChI=1S/C22H35NO4/c1-3-4-8-11-19(24)15-13-18-14-16-21(25)20(18)12-9-6-5-7-10-17-27-22(26)23-2/h6,9,13-16,18-20,24H,3-5,7-8,10-12,17H2,1-2H3,(H,23,26)/b9-6-,15-13+/t18-,19-,20+/m0/s1. The Hall–Kier alpha value is -1.88. The second kappa shape index (κ2) is 14.2. The Kier molecular flexibility index (Phi) is 12.2. The highest BCUT2D eigenvalue weighted by atomic mass is 16.5. The van der Waals surface area contributed by atoms with E-state index in [0.29, 0.717) is 13.0 Å². The number of hydrogen-bond donors (Lipinski definition) is 2. The van der Waals surface area contributed by atoms with Crippen molar-refractivity contribution in [2.75, 3.05) is 13.7 Å². The number of unbranched alkanes of at least 4 members (excludes halogenated alkanes) is 4. The van der Waals surface area contributed by atoms with Gasteiger partial charge in [0.05, 0.1) is 12.7 Å². The number of carbonyl (C=O) groups is 2. The molecule has 2 N–H and O–H groups in total. The van der Waals surface area contributed by atoms with Crippen molar-refractivity contribution in [3.05, 3.63) is 36.5 Å². The number of hydrogen-bond acceptors (Lipinski definition) is 4. The average molecular weight is 378 g/mol. The van der Waals surface area contributed by atoms with Crippen LogP contribution in [0.2, 0.25) is 0 Å². The van der Waals surface area contributed by atoms with E-state index in [0.717, 1.165) is 44.9 Å². The molecule has 0 spiro atoms. The molecule has 152 valence electrons. The highest BCUT2D eigenvalue weighted by Crippen LogP contribution is 2.27. The number of amides is 1. The molecule has 0 fully saturated rings. The minimum Gasteiger partial charge on any atom is -0.450 e. The molecule has 0 heterocycles. The van der Waals surface area contributed by atoms with E-state index in [9.17, 15) is 14.7 Å². The fourth-order valence-corrected chi connectivity index (χ4v) is 3.04. The summed E-state index contributed by atoms with van der Waals surface area (Å²) in [6.07, 6.45) is 18.2. The Bertz CT molecular complexity index is 524. The zero-order valence-corrected chi connectivity index (χ0v) is 16.7. The number of aliphatic hydroxyl groups excluding tert-OH is 1. The molecule has 0 aromatic carbocycles. The Balaban J connectivity index is 2.27. The predicted molar refractivity (Wildman–Crippen MR) is 108 cm³/mol. The number of nitrogens with one attached hydrogen (secondary N) is 1. The summed E-state index contributed by atoms with van der Waals surface area (Å²) in [6.45, 7) is 2.57. The molecule has 0 saturated heterocycles. The predicted octanol–water partition coefficient (Wildman–Crippen LogP) is 4.33. The molecule has 0 aromatic heterocycles. The lowest BCUT2D eigenvalue weighted by Crippen LogP contribution is -2.19. The highest BCUT2D eigenvalue weighted by molar-refractivity contribution is 5.95. The van der Waals surface area contributed by atoms with Crippen LogP contribution in [0.15, 0.2) is 36.5 Å². The molecule has 0 unspecified atom stereocenters. The number of rotatable bonds is 13. The molecule has 0 bridgehead atoms. The van der Waals surface area contributed by atoms with Gasteiger partial charge in [0.1, 0.15) is 0 Å². The third-order valence-corrected chi connectivity index (χ3v) is 4.73. The van der Waals surface area contributed by atoms with E-state index in [1.165, 1.54) is 0 Å². The lowest BCUT2D eigenvalue weighted by atomic mass is 9.90. The van der Waals surface area contributed by atoms with Gasteiger partial charge in [-0.15, -0.1) is 0 Å². The molecule has 1 amide bonds. The second-order valence-corrected chi connectivity index (χ2v) is 6.98. The maximum atomic E-state index is 12.1. The zero-order valence-electron chi connectivity index (χ0n) is 16.7. The topological polar surface area (TPSA) is 75.6 Å². The first-order chi connectivity index (χ1) is 13.1. The minimum atomic E-state index is -0.422. The van der Waals surface area contributed by atoms with Crippen molar-refractivity contribution in [3.8, 4) is 0 Å². The summed E-state index contributed by atoms with van der Waals surface area (Å²) < 4.78 is 4.93. The molecule has 0 radical (unpaired) electrons. The SMILES string of the molecule is CCCCC[C@H](O)/C=C/[C@H]1C=CC(=O)[C@@H]1C/C=C\CCCCOC(=O)NC. The lowest BCUT2D eigenvalue weighted by Gasteiger charge is -2.13. The van der Waals surface area contributed by atoms with Crippen LogP contribution in [-0.2, 0) is 9.53 Å². The quantitative estimate of drug-likeness (QED) is 0.370. The van der Waals surface area contributed by atoms with Gasteiger partial charge < -0.3 is 15.2 Å². The summed E-state index contributed by atoms with van der Waals surface area (Å²) in [6, 6.07) is 0. The largest absolute Gasteiger partial charge is 0.450 e. The molecule has 0 aromatic rings. The Morgan fingerprint density at radius 3 is 2.85 bits per heavy atom. The fraction of sp³-hybridized carbons (Fsp3) is 0.636. The van der Waals surface area contributed by atoms with Crippen LogP contribution in [0.25, 0.3) is 0 Å². The number of ether oxygens (including phenoxy) is 1. The van der Waals surface area contributed by atoms with Gasteiger partial charge in [0, 0.05) is 18.9 Å². The number of carbonyl (C=O) groups excluding carboxylic acids is 2. The third-order valence-electron chi connectivity index (χ3n) is 4.73. The zero-order chi connectivity index (χ0) is 19.9. The summed E-state index contributed by atoms with van der Waals surface area (Å²) in [4.78, 5) is 23.0. The van der Waals surface area contributed by atoms with E-state index < -0.39 is 12.2 Å². The number of alkyl carbamates (subject to hydrolysis) is 1. The first kappa shape index (κ1) is 23.2. The Morgan fingerprint density at radius 1 is 1.30 bits per heavy atom. The summed E-state index contributed by atoms with van der Waals surface area (Å²) in [5.41, 5.74) is 0. The molecule has 5 nitrogen and oxygen atoms in total. The van der Waals surface area contributed by atoms with Crippen LogP contribution in [-0.4, -0.2) is 36.7 Å². The van der Waals surface area contributed by atoms with Crippen molar-refractivity contribution < 1.29 is 19.4 Å². The van der Waals surface area contributed by atoms with Gasteiger partial charge in [-0.25, -0.2) is 4.79 Å². The van der Waals surface area contributed by atoms with Gasteiger partial charge in [0.15, 0.2) is 5.78 Å². The van der Waals surface area contributed by atoms with Crippen LogP contribution in [0.5, 0.6) is 0 Å². The van der Waals surface area contributed by atoms with Gasteiger partial charge in [0.25, 0.3) is 0 Å². The summed E-state index contributed by atoms with van der Waals surface area (Å²) in [5.74, 6) is 0.176. The van der Waals surface area contributed by atoms with E-state index in [-0.39, 0.29) is 17.6 Å². The van der Waals surface area contributed by atoms with Crippen molar-refractivity contribution >= 4 is 11.9 Å². The number of ketones is 1. The van der Waals surface area contributed by atoms with Crippen LogP contribution in [0.1, 0.15) is 58.3 Å². The van der Waals surface area contributed by atoms with Gasteiger partial charge >= 0.3 is 6.09 Å². The van der Waals surface area contributed by atoms with Crippen LogP contribution in [0, 0.1) is 11.8 Å². The number of allylic oxidation sites excluding steroid dienone is 5. The maximum absolute atomic E-state index is 12.1. The van der Waals surface area contributed by atoms with Crippen molar-refractivity contribution in [1.82, 2.24) is 5.32 Å². The summed E-state index contributed by atoms with van der Waals surface area (Å²) in [7, 11) is 1.54.